The lowest BCUT2D eigenvalue weighted by atomic mass is 10.1. The first-order valence-electron chi connectivity index (χ1n) is 9.80. The molecule has 0 aromatic carbocycles. The zero-order chi connectivity index (χ0) is 18.8. The first-order valence-corrected chi connectivity index (χ1v) is 9.80. The topological polar surface area (TPSA) is 85.5 Å². The lowest BCUT2D eigenvalue weighted by Crippen LogP contribution is -2.39. The number of aromatic nitrogens is 3. The smallest absolute Gasteiger partial charge is 0.345 e. The third-order valence-electron chi connectivity index (χ3n) is 4.47. The fourth-order valence-corrected chi connectivity index (χ4v) is 2.91. The number of nitrogens with zero attached hydrogens (tertiary/aromatic N) is 4. The summed E-state index contributed by atoms with van der Waals surface area (Å²) in [7, 11) is 1.75. The van der Waals surface area contributed by atoms with Gasteiger partial charge in [-0.2, -0.15) is 5.10 Å². The van der Waals surface area contributed by atoms with Gasteiger partial charge >= 0.3 is 5.69 Å². The Hall–Kier alpha value is -1.83. The molecule has 0 unspecified atom stereocenters. The van der Waals surface area contributed by atoms with E-state index >= 15 is 0 Å². The highest BCUT2D eigenvalue weighted by molar-refractivity contribution is 5.79. The average molecular weight is 367 g/mol. The van der Waals surface area contributed by atoms with Crippen molar-refractivity contribution >= 4 is 5.96 Å². The quantitative estimate of drug-likeness (QED) is 0.367. The third kappa shape index (κ3) is 6.48. The Labute approximate surface area is 156 Å². The van der Waals surface area contributed by atoms with Crippen molar-refractivity contribution < 1.29 is 4.74 Å². The van der Waals surface area contributed by atoms with Crippen LogP contribution in [0.15, 0.2) is 9.79 Å². The lowest BCUT2D eigenvalue weighted by molar-refractivity contribution is 0.128. The number of hydrogen-bond acceptors (Lipinski definition) is 4. The van der Waals surface area contributed by atoms with Crippen LogP contribution in [0.3, 0.4) is 0 Å². The Morgan fingerprint density at radius 2 is 2.08 bits per heavy atom. The number of fused-ring (bicyclic) bond motifs is 1. The first kappa shape index (κ1) is 20.5. The molecule has 1 aromatic heterocycles. The maximum Gasteiger partial charge on any atom is 0.345 e. The molecule has 0 saturated carbocycles. The molecule has 2 rings (SSSR count). The van der Waals surface area contributed by atoms with Crippen LogP contribution in [0.5, 0.6) is 0 Å². The van der Waals surface area contributed by atoms with E-state index in [0.717, 1.165) is 70.1 Å². The van der Waals surface area contributed by atoms with Crippen LogP contribution < -0.4 is 16.3 Å². The fourth-order valence-electron chi connectivity index (χ4n) is 2.91. The van der Waals surface area contributed by atoms with Gasteiger partial charge in [0.15, 0.2) is 5.96 Å². The second-order valence-corrected chi connectivity index (χ2v) is 7.10. The summed E-state index contributed by atoms with van der Waals surface area (Å²) < 4.78 is 9.00. The highest BCUT2D eigenvalue weighted by Gasteiger charge is 2.16. The summed E-state index contributed by atoms with van der Waals surface area (Å²) in [5.41, 5.74) is 0.0285. The van der Waals surface area contributed by atoms with Crippen LogP contribution in [0, 0.1) is 5.92 Å². The van der Waals surface area contributed by atoms with Crippen LogP contribution in [0.25, 0.3) is 0 Å². The normalized spacial score (nSPS) is 14.5. The second kappa shape index (κ2) is 11.0. The second-order valence-electron chi connectivity index (χ2n) is 7.10. The minimum Gasteiger partial charge on any atom is -0.380 e. The number of aryl methyl sites for hydroxylation is 2. The molecule has 0 bridgehead atoms. The van der Waals surface area contributed by atoms with Crippen molar-refractivity contribution in [2.45, 2.75) is 59.0 Å². The Balaban J connectivity index is 1.61. The maximum absolute atomic E-state index is 12.3. The molecular weight excluding hydrogens is 332 g/mol. The van der Waals surface area contributed by atoms with E-state index in [1.807, 2.05) is 4.57 Å². The zero-order valence-electron chi connectivity index (χ0n) is 16.5. The highest BCUT2D eigenvalue weighted by atomic mass is 16.5. The molecule has 0 fully saturated rings. The van der Waals surface area contributed by atoms with Gasteiger partial charge < -0.3 is 15.4 Å². The fraction of sp³-hybridized carbons (Fsp3) is 0.833. The summed E-state index contributed by atoms with van der Waals surface area (Å²) in [4.78, 5) is 16.5. The van der Waals surface area contributed by atoms with Gasteiger partial charge in [-0.1, -0.05) is 13.8 Å². The lowest BCUT2D eigenvalue weighted by Gasteiger charge is -2.12. The standard InChI is InChI=1S/C18H34N6O2/c1-15(2)8-13-26-14-10-21-17(19-3)20-9-6-12-24-18(25)23-11-5-4-7-16(23)22-24/h15H,4-14H2,1-3H3,(H2,19,20,21). The Kier molecular flexibility index (Phi) is 8.67. The van der Waals surface area contributed by atoms with Crippen molar-refractivity contribution in [3.63, 3.8) is 0 Å². The van der Waals surface area contributed by atoms with Crippen molar-refractivity contribution in [3.05, 3.63) is 16.3 Å². The molecule has 1 aliphatic heterocycles. The summed E-state index contributed by atoms with van der Waals surface area (Å²) in [6.45, 7) is 8.76. The van der Waals surface area contributed by atoms with Crippen LogP contribution in [0.4, 0.5) is 0 Å². The molecule has 26 heavy (non-hydrogen) atoms. The monoisotopic (exact) mass is 366 g/mol. The molecule has 0 radical (unpaired) electrons. The molecule has 0 aliphatic carbocycles. The van der Waals surface area contributed by atoms with E-state index in [4.69, 9.17) is 4.74 Å². The molecule has 1 aliphatic rings. The van der Waals surface area contributed by atoms with E-state index in [2.05, 4.69) is 34.6 Å². The Morgan fingerprint density at radius 1 is 1.27 bits per heavy atom. The van der Waals surface area contributed by atoms with Crippen LogP contribution in [-0.4, -0.2) is 53.7 Å². The summed E-state index contributed by atoms with van der Waals surface area (Å²) in [6, 6.07) is 0. The summed E-state index contributed by atoms with van der Waals surface area (Å²) in [5.74, 6) is 2.36. The van der Waals surface area contributed by atoms with E-state index in [-0.39, 0.29) is 5.69 Å². The molecule has 1 aromatic rings. The molecule has 2 heterocycles. The predicted molar refractivity (Wildman–Crippen MR) is 104 cm³/mol. The summed E-state index contributed by atoms with van der Waals surface area (Å²) in [5, 5.41) is 11.0. The van der Waals surface area contributed by atoms with Gasteiger partial charge in [-0.05, 0) is 31.6 Å². The van der Waals surface area contributed by atoms with Gasteiger partial charge in [0.25, 0.3) is 0 Å². The van der Waals surface area contributed by atoms with Gasteiger partial charge in [0, 0.05) is 46.3 Å². The van der Waals surface area contributed by atoms with E-state index < -0.39 is 0 Å². The van der Waals surface area contributed by atoms with Gasteiger partial charge in [-0.15, -0.1) is 0 Å². The van der Waals surface area contributed by atoms with Crippen molar-refractivity contribution in [2.24, 2.45) is 10.9 Å². The van der Waals surface area contributed by atoms with Gasteiger partial charge in [0.2, 0.25) is 0 Å². The largest absolute Gasteiger partial charge is 0.380 e. The molecule has 0 atom stereocenters. The summed E-state index contributed by atoms with van der Waals surface area (Å²) >= 11 is 0. The van der Waals surface area contributed by atoms with E-state index in [0.29, 0.717) is 19.1 Å². The first-order chi connectivity index (χ1) is 12.6. The molecule has 0 amide bonds. The van der Waals surface area contributed by atoms with Crippen molar-refractivity contribution in [3.8, 4) is 0 Å². The molecule has 0 saturated heterocycles. The van der Waals surface area contributed by atoms with Crippen molar-refractivity contribution in [1.82, 2.24) is 25.0 Å². The predicted octanol–water partition coefficient (Wildman–Crippen LogP) is 0.999. The van der Waals surface area contributed by atoms with Gasteiger partial charge in [-0.25, -0.2) is 9.48 Å². The van der Waals surface area contributed by atoms with Crippen LogP contribution in [0.2, 0.25) is 0 Å². The minimum absolute atomic E-state index is 0.0285. The van der Waals surface area contributed by atoms with Gasteiger partial charge in [0.05, 0.1) is 6.61 Å². The van der Waals surface area contributed by atoms with Crippen molar-refractivity contribution in [1.29, 1.82) is 0 Å². The molecule has 148 valence electrons. The molecule has 8 heteroatoms. The number of guanidine groups is 1. The summed E-state index contributed by atoms with van der Waals surface area (Å²) in [6.07, 6.45) is 5.02. The zero-order valence-corrected chi connectivity index (χ0v) is 16.5. The number of ether oxygens (including phenoxy) is 1. The van der Waals surface area contributed by atoms with E-state index in [1.54, 1.807) is 11.7 Å². The third-order valence-corrected chi connectivity index (χ3v) is 4.47. The minimum atomic E-state index is 0.0285. The van der Waals surface area contributed by atoms with Crippen molar-refractivity contribution in [2.75, 3.05) is 33.4 Å². The van der Waals surface area contributed by atoms with E-state index in [9.17, 15) is 4.79 Å². The Bertz CT molecular complexity index is 620. The van der Waals surface area contributed by atoms with Crippen LogP contribution in [0.1, 0.15) is 45.4 Å². The maximum atomic E-state index is 12.3. The SMILES string of the molecule is CN=C(NCCCn1nc2n(c1=O)CCCC2)NCCOCCC(C)C. The van der Waals surface area contributed by atoms with Crippen LogP contribution >= 0.6 is 0 Å². The highest BCUT2D eigenvalue weighted by Crippen LogP contribution is 2.09. The molecular formula is C18H34N6O2. The molecule has 0 spiro atoms. The molecule has 8 nitrogen and oxygen atoms in total. The number of aliphatic imine (C=N–C) groups is 1. The van der Waals surface area contributed by atoms with Crippen LogP contribution in [-0.2, 0) is 24.2 Å². The number of rotatable bonds is 10. The number of nitrogens with one attached hydrogen (secondary N) is 2. The van der Waals surface area contributed by atoms with Gasteiger partial charge in [-0.3, -0.25) is 9.56 Å². The van der Waals surface area contributed by atoms with Gasteiger partial charge in [0.1, 0.15) is 5.82 Å². The molecule has 2 N–H and O–H groups in total. The van der Waals surface area contributed by atoms with E-state index in [1.165, 1.54) is 0 Å². The Morgan fingerprint density at radius 3 is 2.81 bits per heavy atom. The number of hydrogen-bond donors (Lipinski definition) is 2. The average Bonchev–Trinajstić information content (AvgIpc) is 2.95.